The molecule has 0 aliphatic carbocycles. The molecule has 0 aromatic heterocycles. The molecule has 0 unspecified atom stereocenters. The van der Waals surface area contributed by atoms with Crippen LogP contribution in [0.15, 0.2) is 18.2 Å². The Kier molecular flexibility index (Phi) is 5.85. The van der Waals surface area contributed by atoms with Gasteiger partial charge in [0.05, 0.1) is 11.4 Å². The van der Waals surface area contributed by atoms with Crippen molar-refractivity contribution in [1.29, 1.82) is 0 Å². The highest BCUT2D eigenvalue weighted by molar-refractivity contribution is 6.40. The SMILES string of the molecule is CN1CCCN(C(=O)C(=O)Nc2cc(Cl)ccc2N(C)C)CC1. The molecule has 7 heteroatoms. The highest BCUT2D eigenvalue weighted by Crippen LogP contribution is 2.27. The minimum atomic E-state index is -0.625. The second-order valence-corrected chi connectivity index (χ2v) is 6.40. The first-order valence-corrected chi connectivity index (χ1v) is 8.02. The van der Waals surface area contributed by atoms with E-state index in [2.05, 4.69) is 10.2 Å². The summed E-state index contributed by atoms with van der Waals surface area (Å²) < 4.78 is 0. The van der Waals surface area contributed by atoms with E-state index in [1.54, 1.807) is 17.0 Å². The number of hydrogen-bond donors (Lipinski definition) is 1. The Morgan fingerprint density at radius 3 is 2.61 bits per heavy atom. The van der Waals surface area contributed by atoms with Gasteiger partial charge in [-0.05, 0) is 38.2 Å². The molecule has 0 spiro atoms. The quantitative estimate of drug-likeness (QED) is 0.830. The lowest BCUT2D eigenvalue weighted by atomic mass is 10.2. The molecule has 0 saturated carbocycles. The lowest BCUT2D eigenvalue weighted by Gasteiger charge is -2.21. The van der Waals surface area contributed by atoms with Crippen LogP contribution in [0.1, 0.15) is 6.42 Å². The molecular weight excluding hydrogens is 316 g/mol. The van der Waals surface area contributed by atoms with Crippen molar-refractivity contribution in [2.75, 3.05) is 57.5 Å². The lowest BCUT2D eigenvalue weighted by molar-refractivity contribution is -0.143. The van der Waals surface area contributed by atoms with Crippen LogP contribution in [0.3, 0.4) is 0 Å². The van der Waals surface area contributed by atoms with Crippen LogP contribution in [0.25, 0.3) is 0 Å². The Morgan fingerprint density at radius 1 is 1.17 bits per heavy atom. The molecule has 126 valence electrons. The topological polar surface area (TPSA) is 55.9 Å². The fourth-order valence-corrected chi connectivity index (χ4v) is 2.74. The Labute approximate surface area is 142 Å². The minimum Gasteiger partial charge on any atom is -0.376 e. The van der Waals surface area contributed by atoms with Crippen molar-refractivity contribution >= 4 is 34.8 Å². The second kappa shape index (κ2) is 7.66. The molecule has 1 heterocycles. The van der Waals surface area contributed by atoms with Crippen molar-refractivity contribution in [2.45, 2.75) is 6.42 Å². The van der Waals surface area contributed by atoms with Crippen LogP contribution in [0.5, 0.6) is 0 Å². The highest BCUT2D eigenvalue weighted by atomic mass is 35.5. The van der Waals surface area contributed by atoms with E-state index in [4.69, 9.17) is 11.6 Å². The third-order valence-corrected chi connectivity index (χ3v) is 4.12. The number of benzene rings is 1. The number of anilines is 2. The average molecular weight is 339 g/mol. The van der Waals surface area contributed by atoms with Crippen LogP contribution in [-0.2, 0) is 9.59 Å². The van der Waals surface area contributed by atoms with Gasteiger partial charge in [-0.2, -0.15) is 0 Å². The van der Waals surface area contributed by atoms with E-state index in [1.807, 2.05) is 32.1 Å². The monoisotopic (exact) mass is 338 g/mol. The van der Waals surface area contributed by atoms with E-state index >= 15 is 0 Å². The van der Waals surface area contributed by atoms with Crippen molar-refractivity contribution < 1.29 is 9.59 Å². The molecule has 1 N–H and O–H groups in total. The molecule has 2 rings (SSSR count). The van der Waals surface area contributed by atoms with Crippen LogP contribution in [0, 0.1) is 0 Å². The molecule has 2 amide bonds. The van der Waals surface area contributed by atoms with E-state index in [0.29, 0.717) is 23.8 Å². The van der Waals surface area contributed by atoms with Crippen molar-refractivity contribution in [2.24, 2.45) is 0 Å². The van der Waals surface area contributed by atoms with Crippen molar-refractivity contribution in [3.05, 3.63) is 23.2 Å². The standard InChI is InChI=1S/C16H23ClN4O2/c1-19(2)14-6-5-12(17)11-13(14)18-15(22)16(23)21-8-4-7-20(3)9-10-21/h5-6,11H,4,7-10H2,1-3H3,(H,18,22). The zero-order chi connectivity index (χ0) is 17.0. The number of carbonyl (C=O) groups is 2. The number of amides is 2. The van der Waals surface area contributed by atoms with Gasteiger partial charge in [-0.25, -0.2) is 0 Å². The normalized spacial score (nSPS) is 15.9. The maximum absolute atomic E-state index is 12.4. The van der Waals surface area contributed by atoms with Crippen molar-refractivity contribution in [1.82, 2.24) is 9.80 Å². The predicted octanol–water partition coefficient (Wildman–Crippen LogP) is 1.51. The third-order valence-electron chi connectivity index (χ3n) is 3.89. The number of hydrogen-bond acceptors (Lipinski definition) is 4. The summed E-state index contributed by atoms with van der Waals surface area (Å²) in [4.78, 5) is 30.3. The maximum Gasteiger partial charge on any atom is 0.313 e. The zero-order valence-corrected chi connectivity index (χ0v) is 14.6. The first kappa shape index (κ1) is 17.6. The summed E-state index contributed by atoms with van der Waals surface area (Å²) in [6.07, 6.45) is 0.871. The second-order valence-electron chi connectivity index (χ2n) is 5.96. The number of likely N-dealkylation sites (N-methyl/N-ethyl adjacent to an activating group) is 1. The van der Waals surface area contributed by atoms with Gasteiger partial charge in [-0.3, -0.25) is 9.59 Å². The van der Waals surface area contributed by atoms with Crippen LogP contribution < -0.4 is 10.2 Å². The number of carbonyl (C=O) groups excluding carboxylic acids is 2. The molecule has 1 aromatic carbocycles. The van der Waals surface area contributed by atoms with Gasteiger partial charge in [0.1, 0.15) is 0 Å². The fourth-order valence-electron chi connectivity index (χ4n) is 2.57. The molecule has 0 bridgehead atoms. The zero-order valence-electron chi connectivity index (χ0n) is 13.8. The van der Waals surface area contributed by atoms with Gasteiger partial charge < -0.3 is 20.0 Å². The Hall–Kier alpha value is -1.79. The van der Waals surface area contributed by atoms with Crippen molar-refractivity contribution in [3.63, 3.8) is 0 Å². The molecule has 1 aliphatic rings. The lowest BCUT2D eigenvalue weighted by Crippen LogP contribution is -2.41. The summed E-state index contributed by atoms with van der Waals surface area (Å²) in [6.45, 7) is 2.88. The number of rotatable bonds is 2. The summed E-state index contributed by atoms with van der Waals surface area (Å²) in [6, 6.07) is 5.21. The molecule has 1 saturated heterocycles. The number of nitrogens with zero attached hydrogens (tertiary/aromatic N) is 3. The highest BCUT2D eigenvalue weighted by Gasteiger charge is 2.24. The molecule has 1 aromatic rings. The van der Waals surface area contributed by atoms with E-state index in [1.165, 1.54) is 0 Å². The first-order valence-electron chi connectivity index (χ1n) is 7.64. The molecule has 23 heavy (non-hydrogen) atoms. The van der Waals surface area contributed by atoms with E-state index in [-0.39, 0.29) is 0 Å². The van der Waals surface area contributed by atoms with E-state index in [0.717, 1.165) is 25.2 Å². The first-order chi connectivity index (χ1) is 10.9. The summed E-state index contributed by atoms with van der Waals surface area (Å²) in [5, 5.41) is 3.20. The number of halogens is 1. The van der Waals surface area contributed by atoms with Crippen molar-refractivity contribution in [3.8, 4) is 0 Å². The Balaban J connectivity index is 2.09. The van der Waals surface area contributed by atoms with Crippen LogP contribution in [0.4, 0.5) is 11.4 Å². The van der Waals surface area contributed by atoms with Crippen LogP contribution in [0.2, 0.25) is 5.02 Å². The largest absolute Gasteiger partial charge is 0.376 e. The molecule has 6 nitrogen and oxygen atoms in total. The average Bonchev–Trinajstić information content (AvgIpc) is 2.71. The summed E-state index contributed by atoms with van der Waals surface area (Å²) >= 11 is 6.00. The number of nitrogens with one attached hydrogen (secondary N) is 1. The van der Waals surface area contributed by atoms with Gasteiger partial charge in [0.25, 0.3) is 0 Å². The Morgan fingerprint density at radius 2 is 1.91 bits per heavy atom. The predicted molar refractivity (Wildman–Crippen MR) is 93.1 cm³/mol. The molecule has 1 fully saturated rings. The maximum atomic E-state index is 12.4. The van der Waals surface area contributed by atoms with Gasteiger partial charge in [-0.1, -0.05) is 11.6 Å². The Bertz CT molecular complexity index is 591. The summed E-state index contributed by atoms with van der Waals surface area (Å²) in [5.74, 6) is -1.12. The minimum absolute atomic E-state index is 0.495. The van der Waals surface area contributed by atoms with Crippen LogP contribution in [-0.4, -0.2) is 68.9 Å². The smallest absolute Gasteiger partial charge is 0.313 e. The molecule has 0 atom stereocenters. The van der Waals surface area contributed by atoms with Gasteiger partial charge in [0, 0.05) is 38.8 Å². The summed E-state index contributed by atoms with van der Waals surface area (Å²) in [7, 11) is 5.75. The molecule has 0 radical (unpaired) electrons. The van der Waals surface area contributed by atoms with Gasteiger partial charge >= 0.3 is 11.8 Å². The summed E-state index contributed by atoms with van der Waals surface area (Å²) in [5.41, 5.74) is 1.33. The van der Waals surface area contributed by atoms with Gasteiger partial charge in [0.15, 0.2) is 0 Å². The van der Waals surface area contributed by atoms with E-state index < -0.39 is 11.8 Å². The fraction of sp³-hybridized carbons (Fsp3) is 0.500. The third kappa shape index (κ3) is 4.59. The van der Waals surface area contributed by atoms with Gasteiger partial charge in [-0.15, -0.1) is 0 Å². The molecule has 1 aliphatic heterocycles. The molecular formula is C16H23ClN4O2. The van der Waals surface area contributed by atoms with Gasteiger partial charge in [0.2, 0.25) is 0 Å². The van der Waals surface area contributed by atoms with Crippen LogP contribution >= 0.6 is 11.6 Å². The van der Waals surface area contributed by atoms with E-state index in [9.17, 15) is 9.59 Å².